The molecule has 2 aliphatic heterocycles. The average Bonchev–Trinajstić information content (AvgIpc) is 3.07. The first-order valence-electron chi connectivity index (χ1n) is 17.1. The van der Waals surface area contributed by atoms with Gasteiger partial charge in [-0.2, -0.15) is 0 Å². The third-order valence-electron chi connectivity index (χ3n) is 10.3. The third-order valence-corrected chi connectivity index (χ3v) is 15.3. The van der Waals surface area contributed by atoms with E-state index in [0.717, 1.165) is 5.56 Å². The monoisotopic (exact) mass is 662 g/mol. The van der Waals surface area contributed by atoms with Crippen LogP contribution in [-0.4, -0.2) is 70.2 Å². The normalized spacial score (nSPS) is 31.9. The van der Waals surface area contributed by atoms with Crippen molar-refractivity contribution in [3.63, 3.8) is 0 Å². The van der Waals surface area contributed by atoms with Crippen LogP contribution in [0.25, 0.3) is 0 Å². The Morgan fingerprint density at radius 3 is 1.79 bits per heavy atom. The van der Waals surface area contributed by atoms with Crippen LogP contribution < -0.4 is 10.4 Å². The Morgan fingerprint density at radius 1 is 0.702 bits per heavy atom. The van der Waals surface area contributed by atoms with Gasteiger partial charge in [0, 0.05) is 18.9 Å². The Bertz CT molecular complexity index is 1330. The van der Waals surface area contributed by atoms with E-state index in [9.17, 15) is 5.11 Å². The number of aliphatic hydroxyl groups is 1. The second-order valence-electron chi connectivity index (χ2n) is 14.4. The summed E-state index contributed by atoms with van der Waals surface area (Å²) in [5.74, 6) is -0.0879. The van der Waals surface area contributed by atoms with Gasteiger partial charge < -0.3 is 33.2 Å². The summed E-state index contributed by atoms with van der Waals surface area (Å²) in [6, 6.07) is 31.3. The molecule has 0 bridgehead atoms. The SMILES string of the molecule is COC1OC(CO[Si](c2ccccc2)(c2ccccc2)C(C)(C)C)[C@@H](O[C@@H]2OC(C)[C@@H](O)[C@@H](OCc3ccccc3)C2C)[C@H](C)C1C. The largest absolute Gasteiger partial charge is 0.405 e. The van der Waals surface area contributed by atoms with Crippen LogP contribution in [0.5, 0.6) is 0 Å². The van der Waals surface area contributed by atoms with E-state index in [4.69, 9.17) is 28.1 Å². The minimum atomic E-state index is -2.83. The number of aliphatic hydroxyl groups excluding tert-OH is 1. The summed E-state index contributed by atoms with van der Waals surface area (Å²) in [5, 5.41) is 13.4. The van der Waals surface area contributed by atoms with Crippen molar-refractivity contribution >= 4 is 18.7 Å². The number of hydrogen-bond acceptors (Lipinski definition) is 7. The predicted molar refractivity (Wildman–Crippen MR) is 187 cm³/mol. The third kappa shape index (κ3) is 7.60. The first-order chi connectivity index (χ1) is 22.5. The summed E-state index contributed by atoms with van der Waals surface area (Å²) >= 11 is 0. The van der Waals surface area contributed by atoms with Crippen LogP contribution >= 0.6 is 0 Å². The molecule has 3 aromatic rings. The van der Waals surface area contributed by atoms with E-state index in [1.807, 2.05) is 44.2 Å². The maximum absolute atomic E-state index is 11.1. The van der Waals surface area contributed by atoms with Gasteiger partial charge >= 0.3 is 0 Å². The van der Waals surface area contributed by atoms with Gasteiger partial charge in [-0.3, -0.25) is 0 Å². The van der Waals surface area contributed by atoms with Gasteiger partial charge in [0.1, 0.15) is 12.2 Å². The first kappa shape index (κ1) is 35.9. The van der Waals surface area contributed by atoms with Crippen LogP contribution in [0.15, 0.2) is 91.0 Å². The number of benzene rings is 3. The standard InChI is InChI=1S/C39H54O7Si/c1-26-27(2)37(41-8)45-33(25-43-47(39(5,6)7,31-20-14-10-15-21-31)32-22-16-11-17-23-32)35(26)46-38-28(3)36(34(40)29(4)44-38)42-24-30-18-12-9-13-19-30/h9-23,26-29,33-38,40H,24-25H2,1-8H3/t26-,27?,28?,29?,33?,34-,35+,36+,37?,38+/m1/s1. The molecular weight excluding hydrogens is 609 g/mol. The van der Waals surface area contributed by atoms with Crippen LogP contribution in [-0.2, 0) is 34.7 Å². The van der Waals surface area contributed by atoms with Crippen LogP contribution in [0, 0.1) is 17.8 Å². The number of hydrogen-bond donors (Lipinski definition) is 1. The highest BCUT2D eigenvalue weighted by molar-refractivity contribution is 6.99. The molecule has 2 heterocycles. The summed E-state index contributed by atoms with van der Waals surface area (Å²) in [7, 11) is -1.14. The molecule has 3 aromatic carbocycles. The topological polar surface area (TPSA) is 75.6 Å². The highest BCUT2D eigenvalue weighted by atomic mass is 28.4. The molecule has 0 spiro atoms. The molecule has 2 saturated heterocycles. The molecule has 0 aromatic heterocycles. The van der Waals surface area contributed by atoms with Crippen LogP contribution in [0.4, 0.5) is 0 Å². The highest BCUT2D eigenvalue weighted by Crippen LogP contribution is 2.40. The molecule has 1 N–H and O–H groups in total. The molecule has 5 unspecified atom stereocenters. The number of methoxy groups -OCH3 is 1. The molecule has 0 saturated carbocycles. The molecule has 47 heavy (non-hydrogen) atoms. The van der Waals surface area contributed by atoms with Crippen LogP contribution in [0.2, 0.25) is 5.04 Å². The lowest BCUT2D eigenvalue weighted by atomic mass is 9.84. The van der Waals surface area contributed by atoms with Crippen molar-refractivity contribution in [1.82, 2.24) is 0 Å². The van der Waals surface area contributed by atoms with Gasteiger partial charge in [-0.1, -0.05) is 133 Å². The Labute approximate surface area is 282 Å². The van der Waals surface area contributed by atoms with Gasteiger partial charge in [-0.05, 0) is 33.8 Å². The number of ether oxygens (including phenoxy) is 5. The summed E-state index contributed by atoms with van der Waals surface area (Å²) in [5.41, 5.74) is 1.05. The molecule has 7 nitrogen and oxygen atoms in total. The molecule has 2 aliphatic rings. The van der Waals surface area contributed by atoms with Crippen molar-refractivity contribution in [3.05, 3.63) is 96.6 Å². The fourth-order valence-electron chi connectivity index (χ4n) is 7.32. The van der Waals surface area contributed by atoms with Crippen LogP contribution in [0.3, 0.4) is 0 Å². The molecule has 10 atom stereocenters. The molecule has 0 amide bonds. The van der Waals surface area contributed by atoms with E-state index in [1.165, 1.54) is 10.4 Å². The van der Waals surface area contributed by atoms with E-state index in [0.29, 0.717) is 13.2 Å². The lowest BCUT2D eigenvalue weighted by molar-refractivity contribution is -0.334. The lowest BCUT2D eigenvalue weighted by Gasteiger charge is -2.49. The zero-order valence-electron chi connectivity index (χ0n) is 29.2. The minimum Gasteiger partial charge on any atom is -0.405 e. The zero-order chi connectivity index (χ0) is 33.8. The van der Waals surface area contributed by atoms with Crippen LogP contribution in [0.1, 0.15) is 54.0 Å². The molecular formula is C39H54O7Si. The van der Waals surface area contributed by atoms with E-state index in [-0.39, 0.29) is 28.9 Å². The zero-order valence-corrected chi connectivity index (χ0v) is 30.2. The van der Waals surface area contributed by atoms with E-state index < -0.39 is 45.3 Å². The maximum Gasteiger partial charge on any atom is 0.261 e. The Kier molecular flexibility index (Phi) is 11.8. The van der Waals surface area contributed by atoms with Crippen molar-refractivity contribution in [2.24, 2.45) is 17.8 Å². The summed E-state index contributed by atoms with van der Waals surface area (Å²) in [6.45, 7) is 15.8. The minimum absolute atomic E-state index is 0.0705. The molecule has 2 fully saturated rings. The molecule has 0 aliphatic carbocycles. The Morgan fingerprint density at radius 2 is 1.26 bits per heavy atom. The average molecular weight is 663 g/mol. The smallest absolute Gasteiger partial charge is 0.261 e. The second-order valence-corrected chi connectivity index (χ2v) is 18.7. The summed E-state index contributed by atoms with van der Waals surface area (Å²) in [4.78, 5) is 0. The van der Waals surface area contributed by atoms with Crippen molar-refractivity contribution in [2.75, 3.05) is 13.7 Å². The molecule has 0 radical (unpaired) electrons. The van der Waals surface area contributed by atoms with E-state index in [2.05, 4.69) is 95.3 Å². The van der Waals surface area contributed by atoms with Gasteiger partial charge in [-0.25, -0.2) is 0 Å². The molecule has 256 valence electrons. The maximum atomic E-state index is 11.1. The van der Waals surface area contributed by atoms with Crippen molar-refractivity contribution in [3.8, 4) is 0 Å². The molecule has 5 rings (SSSR count). The van der Waals surface area contributed by atoms with Gasteiger partial charge in [0.25, 0.3) is 8.32 Å². The Hall–Kier alpha value is -2.40. The molecule has 8 heteroatoms. The van der Waals surface area contributed by atoms with E-state index >= 15 is 0 Å². The first-order valence-corrected chi connectivity index (χ1v) is 19.0. The van der Waals surface area contributed by atoms with Gasteiger partial charge in [-0.15, -0.1) is 0 Å². The summed E-state index contributed by atoms with van der Waals surface area (Å²) < 4.78 is 39.5. The summed E-state index contributed by atoms with van der Waals surface area (Å²) in [6.07, 6.45) is -3.47. The second kappa shape index (κ2) is 15.4. The quantitative estimate of drug-likeness (QED) is 0.256. The van der Waals surface area contributed by atoms with Crippen molar-refractivity contribution < 1.29 is 33.2 Å². The highest BCUT2D eigenvalue weighted by Gasteiger charge is 2.53. The fraction of sp³-hybridized carbons (Fsp3) is 0.538. The van der Waals surface area contributed by atoms with Crippen molar-refractivity contribution in [2.45, 2.75) is 103 Å². The van der Waals surface area contributed by atoms with Gasteiger partial charge in [0.2, 0.25) is 0 Å². The lowest BCUT2D eigenvalue weighted by Crippen LogP contribution is -2.68. The van der Waals surface area contributed by atoms with Gasteiger partial charge in [0.05, 0.1) is 31.5 Å². The fourth-order valence-corrected chi connectivity index (χ4v) is 11.9. The number of rotatable bonds is 11. The Balaban J connectivity index is 1.43. The van der Waals surface area contributed by atoms with E-state index in [1.54, 1.807) is 7.11 Å². The van der Waals surface area contributed by atoms with Gasteiger partial charge in [0.15, 0.2) is 12.6 Å². The predicted octanol–water partition coefficient (Wildman–Crippen LogP) is 5.92. The van der Waals surface area contributed by atoms with Crippen molar-refractivity contribution in [1.29, 1.82) is 0 Å².